The van der Waals surface area contributed by atoms with Crippen LogP contribution in [-0.4, -0.2) is 21.0 Å². The van der Waals surface area contributed by atoms with Gasteiger partial charge in [0.25, 0.3) is 11.1 Å². The summed E-state index contributed by atoms with van der Waals surface area (Å²) < 4.78 is 0. The number of nitrogens with zero attached hydrogens (tertiary/aromatic N) is 1. The summed E-state index contributed by atoms with van der Waals surface area (Å²) >= 11 is 6.87. The van der Waals surface area contributed by atoms with E-state index in [2.05, 4.69) is 4.98 Å². The third-order valence-corrected chi connectivity index (χ3v) is 4.15. The molecule has 1 aliphatic rings. The van der Waals surface area contributed by atoms with Crippen LogP contribution in [0.1, 0.15) is 11.3 Å². The highest BCUT2D eigenvalue weighted by Crippen LogP contribution is 2.33. The van der Waals surface area contributed by atoms with Gasteiger partial charge < -0.3 is 4.98 Å². The van der Waals surface area contributed by atoms with Crippen LogP contribution in [0.2, 0.25) is 5.02 Å². The maximum absolute atomic E-state index is 12.3. The van der Waals surface area contributed by atoms with Crippen molar-refractivity contribution in [2.45, 2.75) is 6.54 Å². The summed E-state index contributed by atoms with van der Waals surface area (Å²) in [6, 6.07) is 10.8. The molecule has 0 spiro atoms. The van der Waals surface area contributed by atoms with Gasteiger partial charge >= 0.3 is 0 Å². The van der Waals surface area contributed by atoms with Crippen LogP contribution in [0.25, 0.3) is 6.08 Å². The molecule has 0 bridgehead atoms. The predicted octanol–water partition coefficient (Wildman–Crippen LogP) is 3.90. The first-order valence-corrected chi connectivity index (χ1v) is 7.46. The van der Waals surface area contributed by atoms with Crippen molar-refractivity contribution >= 4 is 40.6 Å². The number of rotatable bonds is 3. The zero-order valence-electron chi connectivity index (χ0n) is 10.9. The molecule has 0 aliphatic carbocycles. The van der Waals surface area contributed by atoms with Gasteiger partial charge in [-0.1, -0.05) is 23.7 Å². The molecule has 0 atom stereocenters. The topological polar surface area (TPSA) is 53.2 Å². The predicted molar refractivity (Wildman–Crippen MR) is 83.8 cm³/mol. The minimum atomic E-state index is -0.278. The number of hydrogen-bond donors (Lipinski definition) is 1. The van der Waals surface area contributed by atoms with E-state index in [4.69, 9.17) is 11.6 Å². The Balaban J connectivity index is 1.81. The number of carbonyl (C=O) groups is 2. The lowest BCUT2D eigenvalue weighted by Crippen LogP contribution is -2.27. The third kappa shape index (κ3) is 3.04. The van der Waals surface area contributed by atoms with Gasteiger partial charge in [0.15, 0.2) is 0 Å². The van der Waals surface area contributed by atoms with Gasteiger partial charge in [-0.25, -0.2) is 0 Å². The van der Waals surface area contributed by atoms with Gasteiger partial charge in [-0.2, -0.15) is 0 Å². The van der Waals surface area contributed by atoms with Gasteiger partial charge in [0.05, 0.1) is 11.4 Å². The second-order valence-corrected chi connectivity index (χ2v) is 5.95. The van der Waals surface area contributed by atoms with Crippen molar-refractivity contribution < 1.29 is 9.59 Å². The molecule has 4 nitrogen and oxygen atoms in total. The second kappa shape index (κ2) is 5.79. The number of halogens is 1. The summed E-state index contributed by atoms with van der Waals surface area (Å²) in [5.74, 6) is -0.278. The Morgan fingerprint density at radius 2 is 2.10 bits per heavy atom. The average molecular weight is 319 g/mol. The Labute approximate surface area is 130 Å². The number of aromatic nitrogens is 1. The number of hydrogen-bond acceptors (Lipinski definition) is 3. The summed E-state index contributed by atoms with van der Waals surface area (Å²) in [6.07, 6.45) is 3.45. The number of imide groups is 1. The number of nitrogens with one attached hydrogen (secondary N) is 1. The van der Waals surface area contributed by atoms with Gasteiger partial charge in [0, 0.05) is 16.9 Å². The average Bonchev–Trinajstić information content (AvgIpc) is 3.04. The molecule has 1 N–H and O–H groups in total. The Morgan fingerprint density at radius 3 is 2.81 bits per heavy atom. The Hall–Kier alpha value is -1.98. The number of aromatic amines is 1. The standard InChI is InChI=1S/C15H11ClN2O2S/c16-11-4-1-3-10(7-11)9-18-14(19)13(21-15(18)20)8-12-5-2-6-17-12/h1-8,17H,9H2/b13-8-. The van der Waals surface area contributed by atoms with E-state index in [9.17, 15) is 9.59 Å². The molecule has 2 amide bonds. The first kappa shape index (κ1) is 14.0. The fourth-order valence-electron chi connectivity index (χ4n) is 2.03. The maximum atomic E-state index is 12.3. The van der Waals surface area contributed by atoms with Crippen molar-refractivity contribution in [1.82, 2.24) is 9.88 Å². The van der Waals surface area contributed by atoms with E-state index in [1.54, 1.807) is 30.5 Å². The van der Waals surface area contributed by atoms with E-state index in [0.29, 0.717) is 9.93 Å². The molecule has 6 heteroatoms. The fraction of sp³-hybridized carbons (Fsp3) is 0.0667. The normalized spacial score (nSPS) is 17.0. The van der Waals surface area contributed by atoms with Crippen molar-refractivity contribution in [1.29, 1.82) is 0 Å². The molecule has 1 saturated heterocycles. The molecule has 1 aromatic carbocycles. The largest absolute Gasteiger partial charge is 0.362 e. The van der Waals surface area contributed by atoms with E-state index < -0.39 is 0 Å². The van der Waals surface area contributed by atoms with E-state index in [1.165, 1.54) is 4.90 Å². The van der Waals surface area contributed by atoms with Crippen LogP contribution >= 0.6 is 23.4 Å². The number of amides is 2. The number of H-pyrrole nitrogens is 1. The van der Waals surface area contributed by atoms with Crippen LogP contribution in [0.5, 0.6) is 0 Å². The number of carbonyl (C=O) groups excluding carboxylic acids is 2. The van der Waals surface area contributed by atoms with Gasteiger partial charge in [-0.15, -0.1) is 0 Å². The molecular formula is C15H11ClN2O2S. The van der Waals surface area contributed by atoms with Crippen LogP contribution in [0.15, 0.2) is 47.5 Å². The van der Waals surface area contributed by atoms with Crippen LogP contribution in [0.4, 0.5) is 4.79 Å². The van der Waals surface area contributed by atoms with Gasteiger partial charge in [0.2, 0.25) is 0 Å². The van der Waals surface area contributed by atoms with Crippen molar-refractivity contribution in [3.8, 4) is 0 Å². The Kier molecular flexibility index (Phi) is 3.86. The highest BCUT2D eigenvalue weighted by molar-refractivity contribution is 8.18. The quantitative estimate of drug-likeness (QED) is 0.873. The summed E-state index contributed by atoms with van der Waals surface area (Å²) in [7, 11) is 0. The molecule has 1 aliphatic heterocycles. The molecule has 3 rings (SSSR count). The number of thioether (sulfide) groups is 1. The molecule has 0 unspecified atom stereocenters. The SMILES string of the molecule is O=C1S/C(=C\c2ccc[nH]2)C(=O)N1Cc1cccc(Cl)c1. The molecule has 0 radical (unpaired) electrons. The van der Waals surface area contributed by atoms with Crippen LogP contribution < -0.4 is 0 Å². The smallest absolute Gasteiger partial charge is 0.293 e. The minimum absolute atomic E-state index is 0.229. The highest BCUT2D eigenvalue weighted by atomic mass is 35.5. The number of benzene rings is 1. The Morgan fingerprint density at radius 1 is 1.24 bits per heavy atom. The van der Waals surface area contributed by atoms with Crippen LogP contribution in [0.3, 0.4) is 0 Å². The minimum Gasteiger partial charge on any atom is -0.362 e. The lowest BCUT2D eigenvalue weighted by Gasteiger charge is -2.12. The lowest BCUT2D eigenvalue weighted by molar-refractivity contribution is -0.123. The van der Waals surface area contributed by atoms with Crippen LogP contribution in [0, 0.1) is 0 Å². The zero-order chi connectivity index (χ0) is 14.8. The van der Waals surface area contributed by atoms with Crippen molar-refractivity contribution in [3.05, 3.63) is 63.8 Å². The van der Waals surface area contributed by atoms with E-state index in [0.717, 1.165) is 23.0 Å². The molecule has 106 valence electrons. The van der Waals surface area contributed by atoms with Gasteiger partial charge in [-0.3, -0.25) is 14.5 Å². The molecular weight excluding hydrogens is 308 g/mol. The Bertz CT molecular complexity index is 725. The summed E-state index contributed by atoms with van der Waals surface area (Å²) in [5.41, 5.74) is 1.62. The van der Waals surface area contributed by atoms with Crippen molar-refractivity contribution in [3.63, 3.8) is 0 Å². The van der Waals surface area contributed by atoms with E-state index >= 15 is 0 Å². The monoisotopic (exact) mass is 318 g/mol. The summed E-state index contributed by atoms with van der Waals surface area (Å²) in [4.78, 5) is 28.9. The van der Waals surface area contributed by atoms with Crippen molar-refractivity contribution in [2.75, 3.05) is 0 Å². The maximum Gasteiger partial charge on any atom is 0.293 e. The zero-order valence-corrected chi connectivity index (χ0v) is 12.4. The van der Waals surface area contributed by atoms with Crippen LogP contribution in [-0.2, 0) is 11.3 Å². The molecule has 0 saturated carbocycles. The van der Waals surface area contributed by atoms with E-state index in [-0.39, 0.29) is 17.7 Å². The summed E-state index contributed by atoms with van der Waals surface area (Å²) in [5, 5.41) is 0.319. The molecule has 2 heterocycles. The van der Waals surface area contributed by atoms with Gasteiger partial charge in [-0.05, 0) is 47.7 Å². The third-order valence-electron chi connectivity index (χ3n) is 3.01. The second-order valence-electron chi connectivity index (χ2n) is 4.52. The van der Waals surface area contributed by atoms with E-state index in [1.807, 2.05) is 18.2 Å². The summed E-state index contributed by atoms with van der Waals surface area (Å²) in [6.45, 7) is 0.229. The molecule has 1 aromatic heterocycles. The van der Waals surface area contributed by atoms with Crippen molar-refractivity contribution in [2.24, 2.45) is 0 Å². The van der Waals surface area contributed by atoms with Gasteiger partial charge in [0.1, 0.15) is 0 Å². The molecule has 21 heavy (non-hydrogen) atoms. The first-order chi connectivity index (χ1) is 10.1. The molecule has 1 fully saturated rings. The molecule has 2 aromatic rings. The lowest BCUT2D eigenvalue weighted by atomic mass is 10.2. The fourth-order valence-corrected chi connectivity index (χ4v) is 3.07. The first-order valence-electron chi connectivity index (χ1n) is 6.27. The highest BCUT2D eigenvalue weighted by Gasteiger charge is 2.35.